The third-order valence-corrected chi connectivity index (χ3v) is 7.66. The first kappa shape index (κ1) is 22.7. The SMILES string of the molecule is COCCn1c(=NC(=O)CCCS(=O)(=O)c2ccc(Cl)cc2)sc2cc(C)ccc21. The number of sulfone groups is 1. The second-order valence-electron chi connectivity index (χ2n) is 6.88. The minimum atomic E-state index is -3.46. The number of benzene rings is 2. The number of carbonyl (C=O) groups excluding carboxylic acids is 1. The minimum Gasteiger partial charge on any atom is -0.383 e. The van der Waals surface area contributed by atoms with Crippen molar-refractivity contribution in [2.45, 2.75) is 31.2 Å². The van der Waals surface area contributed by atoms with Gasteiger partial charge in [-0.3, -0.25) is 4.79 Å². The molecule has 0 atom stereocenters. The zero-order chi connectivity index (χ0) is 21.7. The maximum atomic E-state index is 12.4. The summed E-state index contributed by atoms with van der Waals surface area (Å²) in [5.41, 5.74) is 2.13. The van der Waals surface area contributed by atoms with Crippen LogP contribution in [0.1, 0.15) is 18.4 Å². The second-order valence-corrected chi connectivity index (χ2v) is 10.4. The molecule has 3 aromatic rings. The molecule has 0 saturated heterocycles. The van der Waals surface area contributed by atoms with Crippen molar-refractivity contribution in [2.24, 2.45) is 4.99 Å². The molecule has 1 amide bonds. The first-order valence-electron chi connectivity index (χ1n) is 9.45. The molecule has 0 spiro atoms. The Labute approximate surface area is 184 Å². The Morgan fingerprint density at radius 3 is 2.63 bits per heavy atom. The molecule has 0 aliphatic rings. The van der Waals surface area contributed by atoms with E-state index in [0.29, 0.717) is 23.0 Å². The van der Waals surface area contributed by atoms with Crippen molar-refractivity contribution in [3.05, 3.63) is 57.9 Å². The van der Waals surface area contributed by atoms with Crippen LogP contribution in [0, 0.1) is 6.92 Å². The van der Waals surface area contributed by atoms with Gasteiger partial charge in [-0.2, -0.15) is 4.99 Å². The van der Waals surface area contributed by atoms with E-state index >= 15 is 0 Å². The summed E-state index contributed by atoms with van der Waals surface area (Å²) >= 11 is 7.25. The first-order chi connectivity index (χ1) is 14.3. The zero-order valence-corrected chi connectivity index (χ0v) is 19.2. The lowest BCUT2D eigenvalue weighted by molar-refractivity contribution is -0.118. The number of amides is 1. The highest BCUT2D eigenvalue weighted by Crippen LogP contribution is 2.19. The van der Waals surface area contributed by atoms with Gasteiger partial charge in [0.25, 0.3) is 0 Å². The van der Waals surface area contributed by atoms with E-state index in [1.807, 2.05) is 23.6 Å². The summed E-state index contributed by atoms with van der Waals surface area (Å²) in [7, 11) is -1.84. The number of aromatic nitrogens is 1. The molecular formula is C21H23ClN2O4S2. The van der Waals surface area contributed by atoms with Crippen molar-refractivity contribution in [2.75, 3.05) is 19.5 Å². The van der Waals surface area contributed by atoms with Gasteiger partial charge in [-0.1, -0.05) is 29.0 Å². The summed E-state index contributed by atoms with van der Waals surface area (Å²) in [6, 6.07) is 12.1. The van der Waals surface area contributed by atoms with Crippen LogP contribution in [-0.2, 0) is 25.9 Å². The summed E-state index contributed by atoms with van der Waals surface area (Å²) in [6.45, 7) is 3.10. The van der Waals surface area contributed by atoms with E-state index in [-0.39, 0.29) is 29.4 Å². The van der Waals surface area contributed by atoms with Crippen LogP contribution in [-0.4, -0.2) is 38.4 Å². The molecule has 6 nitrogen and oxygen atoms in total. The molecule has 0 bridgehead atoms. The van der Waals surface area contributed by atoms with Gasteiger partial charge in [0.2, 0.25) is 5.91 Å². The van der Waals surface area contributed by atoms with Crippen LogP contribution >= 0.6 is 22.9 Å². The van der Waals surface area contributed by atoms with Crippen LogP contribution in [0.25, 0.3) is 10.2 Å². The van der Waals surface area contributed by atoms with Crippen molar-refractivity contribution in [3.63, 3.8) is 0 Å². The van der Waals surface area contributed by atoms with Gasteiger partial charge >= 0.3 is 0 Å². The maximum Gasteiger partial charge on any atom is 0.248 e. The standard InChI is InChI=1S/C21H23ClN2O4S2/c1-15-5-10-18-19(14-15)29-21(24(18)11-12-28-2)23-20(25)4-3-13-30(26,27)17-8-6-16(22)7-9-17/h5-10,14H,3-4,11-13H2,1-2H3. The Morgan fingerprint density at radius 2 is 1.93 bits per heavy atom. The number of fused-ring (bicyclic) bond motifs is 1. The average Bonchev–Trinajstić information content (AvgIpc) is 3.02. The third-order valence-electron chi connectivity index (χ3n) is 4.55. The molecular weight excluding hydrogens is 444 g/mol. The molecule has 2 aromatic carbocycles. The Bertz CT molecular complexity index is 1210. The highest BCUT2D eigenvalue weighted by molar-refractivity contribution is 7.91. The molecule has 1 aromatic heterocycles. The summed E-state index contributed by atoms with van der Waals surface area (Å²) in [6.07, 6.45) is 0.264. The second kappa shape index (κ2) is 9.87. The fraction of sp³-hybridized carbons (Fsp3) is 0.333. The lowest BCUT2D eigenvalue weighted by Crippen LogP contribution is -2.19. The molecule has 30 heavy (non-hydrogen) atoms. The number of rotatable bonds is 8. The Balaban J connectivity index is 1.74. The van der Waals surface area contributed by atoms with Crippen LogP contribution in [0.4, 0.5) is 0 Å². The van der Waals surface area contributed by atoms with Crippen LogP contribution in [0.3, 0.4) is 0 Å². The summed E-state index contributed by atoms with van der Waals surface area (Å²) in [5.74, 6) is -0.457. The number of ether oxygens (including phenoxy) is 1. The molecule has 3 rings (SSSR count). The summed E-state index contributed by atoms with van der Waals surface area (Å²) < 4.78 is 33.0. The molecule has 0 aliphatic carbocycles. The van der Waals surface area contributed by atoms with E-state index in [2.05, 4.69) is 11.1 Å². The Hall–Kier alpha value is -2.00. The number of hydrogen-bond donors (Lipinski definition) is 0. The third kappa shape index (κ3) is 5.57. The Kier molecular flexibility index (Phi) is 7.46. The molecule has 0 N–H and O–H groups in total. The molecule has 9 heteroatoms. The van der Waals surface area contributed by atoms with E-state index in [0.717, 1.165) is 15.8 Å². The lowest BCUT2D eigenvalue weighted by atomic mass is 10.2. The zero-order valence-electron chi connectivity index (χ0n) is 16.8. The summed E-state index contributed by atoms with van der Waals surface area (Å²) in [4.78, 5) is 17.5. The van der Waals surface area contributed by atoms with Gasteiger partial charge < -0.3 is 9.30 Å². The molecule has 0 unspecified atom stereocenters. The minimum absolute atomic E-state index is 0.0599. The fourth-order valence-corrected chi connectivity index (χ4v) is 5.61. The number of hydrogen-bond acceptors (Lipinski definition) is 5. The predicted molar refractivity (Wildman–Crippen MR) is 120 cm³/mol. The number of halogens is 1. The van der Waals surface area contributed by atoms with Crippen molar-refractivity contribution in [3.8, 4) is 0 Å². The van der Waals surface area contributed by atoms with Crippen LogP contribution in [0.15, 0.2) is 52.4 Å². The van der Waals surface area contributed by atoms with E-state index in [4.69, 9.17) is 16.3 Å². The van der Waals surface area contributed by atoms with E-state index in [1.165, 1.54) is 35.6 Å². The van der Waals surface area contributed by atoms with Gasteiger partial charge in [0.1, 0.15) is 0 Å². The molecule has 160 valence electrons. The maximum absolute atomic E-state index is 12.4. The number of methoxy groups -OCH3 is 1. The van der Waals surface area contributed by atoms with E-state index in [1.54, 1.807) is 7.11 Å². The van der Waals surface area contributed by atoms with Gasteiger partial charge in [0.15, 0.2) is 14.6 Å². The lowest BCUT2D eigenvalue weighted by Gasteiger charge is -2.05. The average molecular weight is 467 g/mol. The van der Waals surface area contributed by atoms with Gasteiger partial charge in [-0.25, -0.2) is 8.42 Å². The van der Waals surface area contributed by atoms with Gasteiger partial charge in [0.05, 0.1) is 27.5 Å². The highest BCUT2D eigenvalue weighted by atomic mass is 35.5. The number of thiazole rings is 1. The summed E-state index contributed by atoms with van der Waals surface area (Å²) in [5, 5.41) is 0.475. The first-order valence-corrected chi connectivity index (χ1v) is 12.3. The fourth-order valence-electron chi connectivity index (χ4n) is 3.00. The monoisotopic (exact) mass is 466 g/mol. The highest BCUT2D eigenvalue weighted by Gasteiger charge is 2.15. The van der Waals surface area contributed by atoms with Crippen molar-refractivity contribution in [1.82, 2.24) is 4.57 Å². The smallest absolute Gasteiger partial charge is 0.248 e. The van der Waals surface area contributed by atoms with Crippen LogP contribution < -0.4 is 4.80 Å². The number of carbonyl (C=O) groups is 1. The van der Waals surface area contributed by atoms with Crippen LogP contribution in [0.2, 0.25) is 5.02 Å². The van der Waals surface area contributed by atoms with E-state index in [9.17, 15) is 13.2 Å². The van der Waals surface area contributed by atoms with E-state index < -0.39 is 9.84 Å². The van der Waals surface area contributed by atoms with Gasteiger partial charge in [0, 0.05) is 25.1 Å². The predicted octanol–water partition coefficient (Wildman–Crippen LogP) is 3.99. The van der Waals surface area contributed by atoms with Crippen molar-refractivity contribution in [1.29, 1.82) is 0 Å². The largest absolute Gasteiger partial charge is 0.383 e. The molecule has 1 heterocycles. The quantitative estimate of drug-likeness (QED) is 0.502. The van der Waals surface area contributed by atoms with Crippen LogP contribution in [0.5, 0.6) is 0 Å². The topological polar surface area (TPSA) is 77.7 Å². The number of aryl methyl sites for hydroxylation is 1. The molecule has 0 saturated carbocycles. The molecule has 0 aliphatic heterocycles. The Morgan fingerprint density at radius 1 is 1.20 bits per heavy atom. The molecule has 0 fully saturated rings. The molecule has 0 radical (unpaired) electrons. The van der Waals surface area contributed by atoms with Crippen molar-refractivity contribution < 1.29 is 17.9 Å². The van der Waals surface area contributed by atoms with Gasteiger partial charge in [-0.15, -0.1) is 0 Å². The normalized spacial score (nSPS) is 12.6. The number of nitrogens with zero attached hydrogens (tertiary/aromatic N) is 2. The van der Waals surface area contributed by atoms with Crippen molar-refractivity contribution >= 4 is 48.9 Å². The van der Waals surface area contributed by atoms with Gasteiger partial charge in [-0.05, 0) is 55.3 Å².